The summed E-state index contributed by atoms with van der Waals surface area (Å²) in [5, 5.41) is 7.12. The fraction of sp³-hybridized carbons (Fsp3) is 0.304. The molecule has 0 aromatic heterocycles. The average molecular weight is 539 g/mol. The van der Waals surface area contributed by atoms with E-state index >= 15 is 0 Å². The number of halogens is 2. The molecular formula is C23H25BrClN3O5. The summed E-state index contributed by atoms with van der Waals surface area (Å²) in [4.78, 5) is 36.5. The van der Waals surface area contributed by atoms with Crippen molar-refractivity contribution in [1.29, 1.82) is 0 Å². The lowest BCUT2D eigenvalue weighted by Crippen LogP contribution is -2.48. The van der Waals surface area contributed by atoms with E-state index in [4.69, 9.17) is 21.1 Å². The van der Waals surface area contributed by atoms with Crippen molar-refractivity contribution in [3.8, 4) is 5.75 Å². The Labute approximate surface area is 205 Å². The predicted molar refractivity (Wildman–Crippen MR) is 130 cm³/mol. The van der Waals surface area contributed by atoms with E-state index in [1.807, 2.05) is 13.8 Å². The first kappa shape index (κ1) is 26.3. The van der Waals surface area contributed by atoms with Crippen molar-refractivity contribution < 1.29 is 23.9 Å². The molecule has 0 saturated heterocycles. The van der Waals surface area contributed by atoms with Crippen LogP contribution in [0.15, 0.2) is 52.0 Å². The van der Waals surface area contributed by atoms with Gasteiger partial charge in [-0.2, -0.15) is 5.10 Å². The third kappa shape index (κ3) is 8.51. The Morgan fingerprint density at radius 1 is 1.18 bits per heavy atom. The molecule has 2 N–H and O–H groups in total. The molecule has 0 spiro atoms. The minimum absolute atomic E-state index is 0.173. The highest BCUT2D eigenvalue weighted by atomic mass is 79.9. The van der Waals surface area contributed by atoms with Crippen molar-refractivity contribution in [2.75, 3.05) is 13.2 Å². The molecule has 33 heavy (non-hydrogen) atoms. The van der Waals surface area contributed by atoms with Crippen molar-refractivity contribution in [3.05, 3.63) is 63.1 Å². The number of benzene rings is 2. The van der Waals surface area contributed by atoms with Gasteiger partial charge in [-0.3, -0.25) is 9.59 Å². The fourth-order valence-electron chi connectivity index (χ4n) is 2.68. The Bertz CT molecular complexity index is 1030. The van der Waals surface area contributed by atoms with E-state index in [2.05, 4.69) is 31.8 Å². The first-order valence-corrected chi connectivity index (χ1v) is 11.4. The zero-order valence-electron chi connectivity index (χ0n) is 18.4. The summed E-state index contributed by atoms with van der Waals surface area (Å²) in [7, 11) is 0. The molecule has 2 aromatic rings. The zero-order chi connectivity index (χ0) is 24.4. The van der Waals surface area contributed by atoms with Gasteiger partial charge < -0.3 is 14.8 Å². The molecule has 0 fully saturated rings. The molecule has 2 rings (SSSR count). The number of amides is 2. The lowest BCUT2D eigenvalue weighted by atomic mass is 10.0. The van der Waals surface area contributed by atoms with E-state index < -0.39 is 23.8 Å². The van der Waals surface area contributed by atoms with E-state index in [0.717, 1.165) is 0 Å². The normalized spacial score (nSPS) is 11.8. The number of rotatable bonds is 10. The summed E-state index contributed by atoms with van der Waals surface area (Å²) in [6.45, 7) is 5.44. The smallest absolute Gasteiger partial charge is 0.344 e. The van der Waals surface area contributed by atoms with E-state index in [1.165, 1.54) is 12.3 Å². The Morgan fingerprint density at radius 3 is 2.58 bits per heavy atom. The van der Waals surface area contributed by atoms with Gasteiger partial charge in [0, 0.05) is 10.6 Å². The van der Waals surface area contributed by atoms with Gasteiger partial charge in [0.05, 0.1) is 17.3 Å². The van der Waals surface area contributed by atoms with Crippen LogP contribution in [0.25, 0.3) is 0 Å². The number of esters is 1. The summed E-state index contributed by atoms with van der Waals surface area (Å²) in [5.74, 6) is -1.02. The third-order valence-electron chi connectivity index (χ3n) is 4.32. The van der Waals surface area contributed by atoms with Crippen molar-refractivity contribution in [2.45, 2.75) is 26.8 Å². The second-order valence-corrected chi connectivity index (χ2v) is 8.51. The molecule has 0 aliphatic heterocycles. The summed E-state index contributed by atoms with van der Waals surface area (Å²) in [6, 6.07) is 10.8. The molecule has 0 aliphatic carbocycles. The molecule has 0 radical (unpaired) electrons. The average Bonchev–Trinajstić information content (AvgIpc) is 2.76. The summed E-state index contributed by atoms with van der Waals surface area (Å²) in [5.41, 5.74) is 3.49. The van der Waals surface area contributed by atoms with Gasteiger partial charge in [0.2, 0.25) is 0 Å². The largest absolute Gasteiger partial charge is 0.481 e. The van der Waals surface area contributed by atoms with Crippen molar-refractivity contribution in [2.24, 2.45) is 11.0 Å². The van der Waals surface area contributed by atoms with Crippen LogP contribution in [-0.4, -0.2) is 43.3 Å². The molecule has 8 nitrogen and oxygen atoms in total. The molecule has 0 aliphatic rings. The quantitative estimate of drug-likeness (QED) is 0.271. The Kier molecular flexibility index (Phi) is 10.3. The van der Waals surface area contributed by atoms with Gasteiger partial charge in [-0.1, -0.05) is 31.5 Å². The lowest BCUT2D eigenvalue weighted by molar-refractivity contribution is -0.145. The van der Waals surface area contributed by atoms with E-state index in [1.54, 1.807) is 43.3 Å². The van der Waals surface area contributed by atoms with E-state index in [-0.39, 0.29) is 19.1 Å². The molecule has 0 bridgehead atoms. The van der Waals surface area contributed by atoms with Gasteiger partial charge in [-0.15, -0.1) is 0 Å². The maximum atomic E-state index is 12.6. The standard InChI is InChI=1S/C23H25BrClN3O5/c1-4-32-20(29)13-33-19-9-8-15(10-18(19)24)12-26-28-23(31)21(14(2)3)27-22(30)16-6-5-7-17(25)11-16/h5-12,14,21H,4,13H2,1-3H3,(H,27,30)(H,28,31). The van der Waals surface area contributed by atoms with Gasteiger partial charge in [-0.05, 0) is 70.7 Å². The molecule has 0 heterocycles. The number of nitrogens with zero attached hydrogens (tertiary/aromatic N) is 1. The van der Waals surface area contributed by atoms with Crippen molar-refractivity contribution >= 4 is 51.5 Å². The summed E-state index contributed by atoms with van der Waals surface area (Å²) >= 11 is 9.30. The van der Waals surface area contributed by atoms with Crippen LogP contribution in [0, 0.1) is 5.92 Å². The minimum atomic E-state index is -0.793. The van der Waals surface area contributed by atoms with Crippen molar-refractivity contribution in [1.82, 2.24) is 10.7 Å². The van der Waals surface area contributed by atoms with Crippen LogP contribution >= 0.6 is 27.5 Å². The monoisotopic (exact) mass is 537 g/mol. The molecule has 10 heteroatoms. The zero-order valence-corrected chi connectivity index (χ0v) is 20.8. The summed E-state index contributed by atoms with van der Waals surface area (Å²) < 4.78 is 10.8. The fourth-order valence-corrected chi connectivity index (χ4v) is 3.38. The second-order valence-electron chi connectivity index (χ2n) is 7.22. The van der Waals surface area contributed by atoms with Crippen molar-refractivity contribution in [3.63, 3.8) is 0 Å². The topological polar surface area (TPSA) is 106 Å². The molecule has 2 amide bonds. The summed E-state index contributed by atoms with van der Waals surface area (Å²) in [6.07, 6.45) is 1.45. The number of carbonyl (C=O) groups excluding carboxylic acids is 3. The highest BCUT2D eigenvalue weighted by Crippen LogP contribution is 2.25. The highest BCUT2D eigenvalue weighted by Gasteiger charge is 2.24. The van der Waals surface area contributed by atoms with Gasteiger partial charge in [0.15, 0.2) is 6.61 Å². The van der Waals surface area contributed by atoms with Gasteiger partial charge in [0.1, 0.15) is 11.8 Å². The Balaban J connectivity index is 1.96. The van der Waals surface area contributed by atoms with Crippen LogP contribution in [0.2, 0.25) is 5.02 Å². The van der Waals surface area contributed by atoms with Gasteiger partial charge in [0.25, 0.3) is 11.8 Å². The van der Waals surface area contributed by atoms with Crippen LogP contribution in [0.3, 0.4) is 0 Å². The minimum Gasteiger partial charge on any atom is -0.481 e. The second kappa shape index (κ2) is 13.0. The van der Waals surface area contributed by atoms with Gasteiger partial charge >= 0.3 is 5.97 Å². The molecular weight excluding hydrogens is 514 g/mol. The number of nitrogens with one attached hydrogen (secondary N) is 2. The number of carbonyl (C=O) groups is 3. The molecule has 0 saturated carbocycles. The molecule has 1 atom stereocenters. The Hall–Kier alpha value is -2.91. The van der Waals surface area contributed by atoms with Crippen LogP contribution in [0.4, 0.5) is 0 Å². The van der Waals surface area contributed by atoms with Crippen LogP contribution in [0.5, 0.6) is 5.75 Å². The number of hydrazone groups is 1. The van der Waals surface area contributed by atoms with Crippen LogP contribution in [-0.2, 0) is 14.3 Å². The van der Waals surface area contributed by atoms with Crippen LogP contribution < -0.4 is 15.5 Å². The number of hydrogen-bond acceptors (Lipinski definition) is 6. The SMILES string of the molecule is CCOC(=O)COc1ccc(C=NNC(=O)C(NC(=O)c2cccc(Cl)c2)C(C)C)cc1Br. The number of ether oxygens (including phenoxy) is 2. The van der Waals surface area contributed by atoms with E-state index in [9.17, 15) is 14.4 Å². The Morgan fingerprint density at radius 2 is 1.94 bits per heavy atom. The first-order chi connectivity index (χ1) is 15.7. The van der Waals surface area contributed by atoms with Gasteiger partial charge in [-0.25, -0.2) is 10.2 Å². The maximum absolute atomic E-state index is 12.6. The van der Waals surface area contributed by atoms with Crippen LogP contribution in [0.1, 0.15) is 36.7 Å². The first-order valence-electron chi connectivity index (χ1n) is 10.2. The number of hydrogen-bond donors (Lipinski definition) is 2. The molecule has 2 aromatic carbocycles. The van der Waals surface area contributed by atoms with E-state index in [0.29, 0.717) is 26.4 Å². The third-order valence-corrected chi connectivity index (χ3v) is 5.17. The molecule has 1 unspecified atom stereocenters. The maximum Gasteiger partial charge on any atom is 0.344 e. The lowest BCUT2D eigenvalue weighted by Gasteiger charge is -2.20. The predicted octanol–water partition coefficient (Wildman–Crippen LogP) is 3.95. The molecule has 176 valence electrons. The highest BCUT2D eigenvalue weighted by molar-refractivity contribution is 9.10.